The zero-order valence-corrected chi connectivity index (χ0v) is 24.8. The second kappa shape index (κ2) is 14.1. The molecule has 1 aromatic heterocycles. The van der Waals surface area contributed by atoms with E-state index < -0.39 is 11.9 Å². The van der Waals surface area contributed by atoms with Crippen molar-refractivity contribution >= 4 is 33.7 Å². The number of methoxy groups -OCH3 is 1. The number of nitrogens with zero attached hydrogens (tertiary/aromatic N) is 2. The number of aromatic nitrogens is 1. The number of fused-ring (bicyclic) bond motifs is 2. The lowest BCUT2D eigenvalue weighted by molar-refractivity contribution is 0.0600. The van der Waals surface area contributed by atoms with Gasteiger partial charge in [-0.15, -0.1) is 0 Å². The van der Waals surface area contributed by atoms with E-state index in [4.69, 9.17) is 19.2 Å². The van der Waals surface area contributed by atoms with E-state index in [1.165, 1.54) is 32.8 Å². The van der Waals surface area contributed by atoms with Crippen LogP contribution in [0.3, 0.4) is 0 Å². The molecule has 0 aliphatic heterocycles. The van der Waals surface area contributed by atoms with E-state index >= 15 is 0 Å². The van der Waals surface area contributed by atoms with Gasteiger partial charge in [0.25, 0.3) is 0 Å². The van der Waals surface area contributed by atoms with Gasteiger partial charge in [-0.3, -0.25) is 0 Å². The Labute approximate surface area is 242 Å². The number of rotatable bonds is 13. The summed E-state index contributed by atoms with van der Waals surface area (Å²) in [6.45, 7) is 5.38. The van der Waals surface area contributed by atoms with Crippen LogP contribution >= 0.6 is 0 Å². The Morgan fingerprint density at radius 1 is 0.780 bits per heavy atom. The standard InChI is InChI=1S/C34H40N2O5/c1-23-20-25(33(37)39-5)21-24(2)32(23)41-34(38)31-27-14-10-11-15-29(27)35-30-17-16-26(22-28(30)31)40-19-13-9-7-6-8-12-18-36(3)4/h10-11,14-17,20-22H,6-9,12-13,18-19H2,1-5H3. The molecule has 0 unspecified atom stereocenters. The summed E-state index contributed by atoms with van der Waals surface area (Å²) in [4.78, 5) is 32.8. The normalized spacial score (nSPS) is 11.3. The Kier molecular flexibility index (Phi) is 10.3. The van der Waals surface area contributed by atoms with Gasteiger partial charge in [0, 0.05) is 10.8 Å². The number of carbonyl (C=O) groups excluding carboxylic acids is 2. The number of para-hydroxylation sites is 1. The first-order chi connectivity index (χ1) is 19.8. The van der Waals surface area contributed by atoms with Gasteiger partial charge in [0.2, 0.25) is 0 Å². The number of hydrogen-bond donors (Lipinski definition) is 0. The summed E-state index contributed by atoms with van der Waals surface area (Å²) in [6.07, 6.45) is 7.08. The van der Waals surface area contributed by atoms with Crippen LogP contribution in [-0.4, -0.2) is 56.2 Å². The van der Waals surface area contributed by atoms with Crippen LogP contribution in [0, 0.1) is 13.8 Å². The molecule has 1 heterocycles. The fourth-order valence-corrected chi connectivity index (χ4v) is 5.10. The second-order valence-corrected chi connectivity index (χ2v) is 10.8. The number of pyridine rings is 1. The van der Waals surface area contributed by atoms with E-state index in [2.05, 4.69) is 19.0 Å². The zero-order chi connectivity index (χ0) is 29.4. The summed E-state index contributed by atoms with van der Waals surface area (Å²) in [5, 5.41) is 1.38. The summed E-state index contributed by atoms with van der Waals surface area (Å²) in [5.41, 5.74) is 3.58. The number of esters is 2. The van der Waals surface area contributed by atoms with Crippen molar-refractivity contribution < 1.29 is 23.8 Å². The first-order valence-electron chi connectivity index (χ1n) is 14.3. The van der Waals surface area contributed by atoms with Gasteiger partial charge in [-0.05, 0) is 94.9 Å². The van der Waals surface area contributed by atoms with Crippen LogP contribution in [0.2, 0.25) is 0 Å². The van der Waals surface area contributed by atoms with E-state index in [1.807, 2.05) is 42.5 Å². The highest BCUT2D eigenvalue weighted by Crippen LogP contribution is 2.32. The largest absolute Gasteiger partial charge is 0.494 e. The Hall–Kier alpha value is -3.97. The van der Waals surface area contributed by atoms with Crippen LogP contribution in [0.25, 0.3) is 21.8 Å². The van der Waals surface area contributed by atoms with Crippen molar-refractivity contribution in [2.45, 2.75) is 52.4 Å². The maximum Gasteiger partial charge on any atom is 0.344 e. The van der Waals surface area contributed by atoms with Crippen LogP contribution in [0.1, 0.15) is 70.4 Å². The van der Waals surface area contributed by atoms with Gasteiger partial charge < -0.3 is 19.1 Å². The summed E-state index contributed by atoms with van der Waals surface area (Å²) >= 11 is 0. The van der Waals surface area contributed by atoms with Gasteiger partial charge in [0.05, 0.1) is 35.9 Å². The Morgan fingerprint density at radius 2 is 1.44 bits per heavy atom. The van der Waals surface area contributed by atoms with Crippen molar-refractivity contribution in [1.82, 2.24) is 9.88 Å². The average Bonchev–Trinajstić information content (AvgIpc) is 2.96. The van der Waals surface area contributed by atoms with Crippen LogP contribution < -0.4 is 9.47 Å². The molecule has 7 heteroatoms. The molecule has 0 aliphatic carbocycles. The summed E-state index contributed by atoms with van der Waals surface area (Å²) in [7, 11) is 5.57. The molecule has 0 fully saturated rings. The maximum atomic E-state index is 13.8. The highest BCUT2D eigenvalue weighted by Gasteiger charge is 2.21. The quantitative estimate of drug-likeness (QED) is 0.0740. The van der Waals surface area contributed by atoms with Gasteiger partial charge in [-0.25, -0.2) is 14.6 Å². The molecule has 4 rings (SSSR count). The number of aryl methyl sites for hydroxylation is 2. The molecule has 4 aromatic rings. The second-order valence-electron chi connectivity index (χ2n) is 10.8. The first-order valence-corrected chi connectivity index (χ1v) is 14.3. The lowest BCUT2D eigenvalue weighted by Gasteiger charge is -2.15. The molecule has 0 atom stereocenters. The SMILES string of the molecule is COC(=O)c1cc(C)c(OC(=O)c2c3ccccc3nc3ccc(OCCCCCCCCN(C)C)cc23)c(C)c1. The predicted octanol–water partition coefficient (Wildman–Crippen LogP) is 7.29. The van der Waals surface area contributed by atoms with Crippen molar-refractivity contribution in [2.75, 3.05) is 34.4 Å². The monoisotopic (exact) mass is 556 g/mol. The Balaban J connectivity index is 1.53. The lowest BCUT2D eigenvalue weighted by atomic mass is 10.0. The number of carbonyl (C=O) groups is 2. The molecule has 0 saturated carbocycles. The van der Waals surface area contributed by atoms with Gasteiger partial charge >= 0.3 is 11.9 Å². The average molecular weight is 557 g/mol. The molecule has 216 valence electrons. The maximum absolute atomic E-state index is 13.8. The molecular formula is C34H40N2O5. The van der Waals surface area contributed by atoms with E-state index in [0.29, 0.717) is 62.2 Å². The minimum Gasteiger partial charge on any atom is -0.494 e. The highest BCUT2D eigenvalue weighted by atomic mass is 16.5. The van der Waals surface area contributed by atoms with Crippen LogP contribution in [0.4, 0.5) is 0 Å². The van der Waals surface area contributed by atoms with Crippen LogP contribution in [-0.2, 0) is 4.74 Å². The molecule has 0 amide bonds. The minimum absolute atomic E-state index is 0.410. The fraction of sp³-hybridized carbons (Fsp3) is 0.382. The summed E-state index contributed by atoms with van der Waals surface area (Å²) in [6, 6.07) is 16.6. The minimum atomic E-state index is -0.489. The number of unbranched alkanes of at least 4 members (excludes halogenated alkanes) is 5. The van der Waals surface area contributed by atoms with E-state index in [1.54, 1.807) is 26.0 Å². The third-order valence-corrected chi connectivity index (χ3v) is 7.20. The summed E-state index contributed by atoms with van der Waals surface area (Å²) in [5.74, 6) is 0.194. The van der Waals surface area contributed by atoms with Crippen LogP contribution in [0.5, 0.6) is 11.5 Å². The Morgan fingerprint density at radius 3 is 2.15 bits per heavy atom. The third-order valence-electron chi connectivity index (χ3n) is 7.20. The molecule has 0 spiro atoms. The molecule has 0 saturated heterocycles. The molecule has 3 aromatic carbocycles. The summed E-state index contributed by atoms with van der Waals surface area (Å²) < 4.78 is 16.9. The van der Waals surface area contributed by atoms with Crippen molar-refractivity contribution in [3.05, 3.63) is 76.9 Å². The van der Waals surface area contributed by atoms with Crippen molar-refractivity contribution in [3.8, 4) is 11.5 Å². The van der Waals surface area contributed by atoms with Crippen molar-refractivity contribution in [1.29, 1.82) is 0 Å². The van der Waals surface area contributed by atoms with Gasteiger partial charge in [-0.1, -0.05) is 43.9 Å². The predicted molar refractivity (Wildman–Crippen MR) is 163 cm³/mol. The van der Waals surface area contributed by atoms with Gasteiger partial charge in [0.15, 0.2) is 0 Å². The third kappa shape index (κ3) is 7.61. The van der Waals surface area contributed by atoms with Crippen molar-refractivity contribution in [2.24, 2.45) is 0 Å². The Bertz CT molecular complexity index is 1510. The lowest BCUT2D eigenvalue weighted by Crippen LogP contribution is -2.13. The fourth-order valence-electron chi connectivity index (χ4n) is 5.10. The van der Waals surface area contributed by atoms with Gasteiger partial charge in [0.1, 0.15) is 11.5 Å². The topological polar surface area (TPSA) is 78.0 Å². The number of ether oxygens (including phenoxy) is 3. The molecule has 0 bridgehead atoms. The van der Waals surface area contributed by atoms with Crippen molar-refractivity contribution in [3.63, 3.8) is 0 Å². The molecule has 0 radical (unpaired) electrons. The number of hydrogen-bond acceptors (Lipinski definition) is 7. The molecular weight excluding hydrogens is 516 g/mol. The van der Waals surface area contributed by atoms with E-state index in [9.17, 15) is 9.59 Å². The van der Waals surface area contributed by atoms with E-state index in [0.717, 1.165) is 19.4 Å². The molecule has 41 heavy (non-hydrogen) atoms. The molecule has 7 nitrogen and oxygen atoms in total. The highest BCUT2D eigenvalue weighted by molar-refractivity contribution is 6.15. The smallest absolute Gasteiger partial charge is 0.344 e. The molecule has 0 N–H and O–H groups in total. The van der Waals surface area contributed by atoms with Gasteiger partial charge in [-0.2, -0.15) is 0 Å². The zero-order valence-electron chi connectivity index (χ0n) is 24.8. The van der Waals surface area contributed by atoms with Crippen LogP contribution in [0.15, 0.2) is 54.6 Å². The van der Waals surface area contributed by atoms with E-state index in [-0.39, 0.29) is 0 Å². The molecule has 0 aliphatic rings. The number of benzene rings is 3. The first kappa shape index (κ1) is 30.0.